The van der Waals surface area contributed by atoms with Gasteiger partial charge in [-0.1, -0.05) is 12.1 Å². The Morgan fingerprint density at radius 3 is 2.57 bits per heavy atom. The number of halogens is 3. The Kier molecular flexibility index (Phi) is 5.42. The van der Waals surface area contributed by atoms with E-state index in [0.29, 0.717) is 11.4 Å². The number of amides is 1. The zero-order valence-electron chi connectivity index (χ0n) is 16.3. The van der Waals surface area contributed by atoms with Gasteiger partial charge in [-0.3, -0.25) is 4.79 Å². The quantitative estimate of drug-likeness (QED) is 0.586. The van der Waals surface area contributed by atoms with Crippen LogP contribution < -0.4 is 10.1 Å². The molecule has 0 spiro atoms. The van der Waals surface area contributed by atoms with Crippen molar-refractivity contribution in [3.05, 3.63) is 59.8 Å². The van der Waals surface area contributed by atoms with Gasteiger partial charge in [-0.2, -0.15) is 13.2 Å². The zero-order valence-corrected chi connectivity index (χ0v) is 16.3. The number of benzene rings is 2. The number of rotatable bonds is 6. The third kappa shape index (κ3) is 4.28. The standard InChI is InChI=1S/C22H21F3N2O3/c1-29-12-21(28)27-20-11-26-19-7-6-16(10-18(19)20)30-17-8-14(9-17)13-2-4-15(5-3-13)22(23,24)25/h2-7,10-11,14,17,26H,8-9,12H2,1H3,(H,27,28)/t14-,17+. The fourth-order valence-corrected chi connectivity index (χ4v) is 3.66. The van der Waals surface area contributed by atoms with Crippen LogP contribution in [0.25, 0.3) is 10.9 Å². The molecule has 1 saturated carbocycles. The number of fused-ring (bicyclic) bond motifs is 1. The summed E-state index contributed by atoms with van der Waals surface area (Å²) in [5.74, 6) is 0.625. The molecule has 1 aliphatic carbocycles. The molecule has 1 aliphatic rings. The van der Waals surface area contributed by atoms with E-state index in [9.17, 15) is 18.0 Å². The minimum absolute atomic E-state index is 0.000201. The van der Waals surface area contributed by atoms with Gasteiger partial charge >= 0.3 is 6.18 Å². The van der Waals surface area contributed by atoms with E-state index in [1.165, 1.54) is 7.11 Å². The topological polar surface area (TPSA) is 63.3 Å². The van der Waals surface area contributed by atoms with Gasteiger partial charge in [-0.05, 0) is 54.7 Å². The summed E-state index contributed by atoms with van der Waals surface area (Å²) >= 11 is 0. The highest BCUT2D eigenvalue weighted by Crippen LogP contribution is 2.40. The molecule has 1 fully saturated rings. The molecule has 4 rings (SSSR count). The Labute approximate surface area is 171 Å². The van der Waals surface area contributed by atoms with Gasteiger partial charge < -0.3 is 19.8 Å². The van der Waals surface area contributed by atoms with Crippen molar-refractivity contribution < 1.29 is 27.4 Å². The lowest BCUT2D eigenvalue weighted by atomic mass is 9.77. The highest BCUT2D eigenvalue weighted by atomic mass is 19.4. The third-order valence-corrected chi connectivity index (χ3v) is 5.31. The van der Waals surface area contributed by atoms with Crippen molar-refractivity contribution in [2.24, 2.45) is 0 Å². The molecule has 5 nitrogen and oxygen atoms in total. The molecule has 0 bridgehead atoms. The van der Waals surface area contributed by atoms with Crippen LogP contribution in [0.2, 0.25) is 0 Å². The van der Waals surface area contributed by atoms with Crippen molar-refractivity contribution in [3.8, 4) is 5.75 Å². The first-order valence-corrected chi connectivity index (χ1v) is 9.57. The fourth-order valence-electron chi connectivity index (χ4n) is 3.66. The van der Waals surface area contributed by atoms with Gasteiger partial charge in [0.2, 0.25) is 5.91 Å². The molecule has 1 amide bonds. The summed E-state index contributed by atoms with van der Waals surface area (Å²) in [7, 11) is 1.46. The monoisotopic (exact) mass is 418 g/mol. The Hall–Kier alpha value is -3.00. The molecule has 158 valence electrons. The van der Waals surface area contributed by atoms with Crippen molar-refractivity contribution >= 4 is 22.5 Å². The second-order valence-electron chi connectivity index (χ2n) is 7.42. The number of ether oxygens (including phenoxy) is 2. The molecular weight excluding hydrogens is 397 g/mol. The number of alkyl halides is 3. The number of aromatic nitrogens is 1. The molecular formula is C22H21F3N2O3. The number of H-pyrrole nitrogens is 1. The minimum Gasteiger partial charge on any atom is -0.490 e. The molecule has 8 heteroatoms. The lowest BCUT2D eigenvalue weighted by Crippen LogP contribution is -2.32. The summed E-state index contributed by atoms with van der Waals surface area (Å²) in [5.41, 5.74) is 1.78. The number of hydrogen-bond acceptors (Lipinski definition) is 3. The van der Waals surface area contributed by atoms with Gasteiger partial charge in [0.15, 0.2) is 0 Å². The van der Waals surface area contributed by atoms with Crippen LogP contribution in [0, 0.1) is 0 Å². The summed E-state index contributed by atoms with van der Waals surface area (Å²) in [6.45, 7) is -0.0315. The van der Waals surface area contributed by atoms with Crippen LogP contribution in [-0.4, -0.2) is 30.7 Å². The maximum absolute atomic E-state index is 12.7. The first-order chi connectivity index (χ1) is 14.3. The smallest absolute Gasteiger partial charge is 0.416 e. The molecule has 0 unspecified atom stereocenters. The van der Waals surface area contributed by atoms with Crippen LogP contribution in [0.5, 0.6) is 5.75 Å². The predicted molar refractivity (Wildman–Crippen MR) is 107 cm³/mol. The van der Waals surface area contributed by atoms with E-state index in [1.807, 2.05) is 18.2 Å². The van der Waals surface area contributed by atoms with Crippen LogP contribution in [0.3, 0.4) is 0 Å². The van der Waals surface area contributed by atoms with Crippen LogP contribution >= 0.6 is 0 Å². The number of carbonyl (C=O) groups is 1. The Bertz CT molecular complexity index is 1040. The Balaban J connectivity index is 1.38. The number of aromatic amines is 1. The van der Waals surface area contributed by atoms with E-state index >= 15 is 0 Å². The summed E-state index contributed by atoms with van der Waals surface area (Å²) in [5, 5.41) is 3.62. The Morgan fingerprint density at radius 2 is 1.90 bits per heavy atom. The van der Waals surface area contributed by atoms with Crippen LogP contribution in [-0.2, 0) is 15.7 Å². The lowest BCUT2D eigenvalue weighted by Gasteiger charge is -2.35. The number of carbonyl (C=O) groups excluding carboxylic acids is 1. The molecule has 30 heavy (non-hydrogen) atoms. The van der Waals surface area contributed by atoms with Crippen LogP contribution in [0.4, 0.5) is 18.9 Å². The molecule has 1 aromatic heterocycles. The summed E-state index contributed by atoms with van der Waals surface area (Å²) in [6, 6.07) is 10.9. The minimum atomic E-state index is -4.32. The SMILES string of the molecule is COCC(=O)Nc1c[nH]c2ccc(O[C@H]3C[C@@H](c4ccc(C(F)(F)F)cc4)C3)cc12. The molecule has 3 aromatic rings. The molecule has 0 atom stereocenters. The lowest BCUT2D eigenvalue weighted by molar-refractivity contribution is -0.137. The zero-order chi connectivity index (χ0) is 21.3. The van der Waals surface area contributed by atoms with Crippen molar-refractivity contribution in [2.75, 3.05) is 19.0 Å². The van der Waals surface area contributed by atoms with Gasteiger partial charge in [0.1, 0.15) is 12.4 Å². The van der Waals surface area contributed by atoms with Crippen LogP contribution in [0.15, 0.2) is 48.7 Å². The average molecular weight is 418 g/mol. The molecule has 2 N–H and O–H groups in total. The maximum atomic E-state index is 12.7. The number of methoxy groups -OCH3 is 1. The Morgan fingerprint density at radius 1 is 1.17 bits per heavy atom. The van der Waals surface area contributed by atoms with Gasteiger partial charge in [0.05, 0.1) is 17.4 Å². The van der Waals surface area contributed by atoms with Gasteiger partial charge in [-0.25, -0.2) is 0 Å². The second-order valence-corrected chi connectivity index (χ2v) is 7.42. The summed E-state index contributed by atoms with van der Waals surface area (Å²) in [6.07, 6.45) is -1.11. The van der Waals surface area contributed by atoms with Crippen molar-refractivity contribution in [2.45, 2.75) is 31.0 Å². The molecule has 0 saturated heterocycles. The first-order valence-electron chi connectivity index (χ1n) is 9.57. The van der Waals surface area contributed by atoms with E-state index in [2.05, 4.69) is 10.3 Å². The highest BCUT2D eigenvalue weighted by Gasteiger charge is 2.34. The van der Waals surface area contributed by atoms with Gasteiger partial charge in [0.25, 0.3) is 0 Å². The normalized spacial score (nSPS) is 18.8. The summed E-state index contributed by atoms with van der Waals surface area (Å²) < 4.78 is 48.9. The third-order valence-electron chi connectivity index (χ3n) is 5.31. The van der Waals surface area contributed by atoms with Gasteiger partial charge in [-0.15, -0.1) is 0 Å². The van der Waals surface area contributed by atoms with Crippen molar-refractivity contribution in [3.63, 3.8) is 0 Å². The average Bonchev–Trinajstić information content (AvgIpc) is 3.06. The largest absolute Gasteiger partial charge is 0.490 e. The van der Waals surface area contributed by atoms with E-state index in [-0.39, 0.29) is 24.5 Å². The van der Waals surface area contributed by atoms with E-state index in [0.717, 1.165) is 41.4 Å². The first kappa shape index (κ1) is 20.3. The predicted octanol–water partition coefficient (Wildman–Crippen LogP) is 5.10. The molecule has 1 heterocycles. The number of anilines is 1. The van der Waals surface area contributed by atoms with Gasteiger partial charge in [0, 0.05) is 24.2 Å². The number of hydrogen-bond donors (Lipinski definition) is 2. The maximum Gasteiger partial charge on any atom is 0.416 e. The molecule has 2 aromatic carbocycles. The second kappa shape index (κ2) is 8.02. The van der Waals surface area contributed by atoms with E-state index in [1.54, 1.807) is 18.3 Å². The molecule has 0 aliphatic heterocycles. The van der Waals surface area contributed by atoms with E-state index in [4.69, 9.17) is 9.47 Å². The molecule has 0 radical (unpaired) electrons. The van der Waals surface area contributed by atoms with Crippen molar-refractivity contribution in [1.82, 2.24) is 4.98 Å². The van der Waals surface area contributed by atoms with Crippen LogP contribution in [0.1, 0.15) is 29.9 Å². The fraction of sp³-hybridized carbons (Fsp3) is 0.318. The highest BCUT2D eigenvalue weighted by molar-refractivity contribution is 6.02. The number of nitrogens with one attached hydrogen (secondary N) is 2. The van der Waals surface area contributed by atoms with E-state index < -0.39 is 11.7 Å². The summed E-state index contributed by atoms with van der Waals surface area (Å²) in [4.78, 5) is 14.9. The van der Waals surface area contributed by atoms with Crippen molar-refractivity contribution in [1.29, 1.82) is 0 Å².